The molecule has 32 heavy (non-hydrogen) atoms. The summed E-state index contributed by atoms with van der Waals surface area (Å²) in [7, 11) is 0. The van der Waals surface area contributed by atoms with Crippen LogP contribution in [-0.2, 0) is 0 Å². The standard InChI is InChI=1S/C26H22N6/c1-2-4-25-23(3-1)22(9-10-27-25)24-14-30-32-15-18(12-29-26(24)32)17-5-7-20(8-6-17)31-16-19-11-21(31)13-28-19/h1-10,12,14-15,19,21,28H,11,13,16H2. The number of pyridine rings is 1. The first kappa shape index (κ1) is 17.9. The lowest BCUT2D eigenvalue weighted by Gasteiger charge is -2.29. The van der Waals surface area contributed by atoms with E-state index in [2.05, 4.69) is 56.8 Å². The lowest BCUT2D eigenvalue weighted by Crippen LogP contribution is -2.43. The number of piperazine rings is 1. The lowest BCUT2D eigenvalue weighted by molar-refractivity contribution is 0.580. The first-order chi connectivity index (χ1) is 15.8. The Morgan fingerprint density at radius 2 is 1.78 bits per heavy atom. The molecule has 0 amide bonds. The van der Waals surface area contributed by atoms with Crippen molar-refractivity contribution in [3.05, 3.63) is 79.4 Å². The van der Waals surface area contributed by atoms with Gasteiger partial charge in [-0.25, -0.2) is 9.50 Å². The third-order valence-corrected chi connectivity index (χ3v) is 6.88. The molecule has 0 radical (unpaired) electrons. The molecule has 2 saturated heterocycles. The van der Waals surface area contributed by atoms with Gasteiger partial charge in [0.2, 0.25) is 0 Å². The summed E-state index contributed by atoms with van der Waals surface area (Å²) >= 11 is 0. The quantitative estimate of drug-likeness (QED) is 0.477. The molecule has 2 aliphatic heterocycles. The molecule has 5 aromatic rings. The molecule has 2 fully saturated rings. The van der Waals surface area contributed by atoms with Crippen molar-refractivity contribution in [2.24, 2.45) is 0 Å². The molecule has 6 nitrogen and oxygen atoms in total. The molecule has 2 aromatic carbocycles. The van der Waals surface area contributed by atoms with E-state index in [1.807, 2.05) is 47.4 Å². The molecule has 7 rings (SSSR count). The predicted molar refractivity (Wildman–Crippen MR) is 127 cm³/mol. The lowest BCUT2D eigenvalue weighted by atomic mass is 10.0. The summed E-state index contributed by atoms with van der Waals surface area (Å²) in [5, 5.41) is 9.29. The summed E-state index contributed by atoms with van der Waals surface area (Å²) < 4.78 is 1.87. The highest BCUT2D eigenvalue weighted by Crippen LogP contribution is 2.32. The fourth-order valence-electron chi connectivity index (χ4n) is 5.27. The minimum absolute atomic E-state index is 0.635. The number of hydrogen-bond donors (Lipinski definition) is 1. The number of fused-ring (bicyclic) bond motifs is 4. The van der Waals surface area contributed by atoms with Crippen LogP contribution in [0.5, 0.6) is 0 Å². The van der Waals surface area contributed by atoms with E-state index in [9.17, 15) is 0 Å². The fraction of sp³-hybridized carbons (Fsp3) is 0.192. The SMILES string of the molecule is c1ccc2c(-c3cnn4cc(-c5ccc(N6CC7CC6CN7)cc5)cnc34)ccnc2c1. The second-order valence-electron chi connectivity index (χ2n) is 8.74. The Morgan fingerprint density at radius 3 is 2.62 bits per heavy atom. The molecule has 2 atom stereocenters. The van der Waals surface area contributed by atoms with E-state index < -0.39 is 0 Å². The minimum Gasteiger partial charge on any atom is -0.366 e. The van der Waals surface area contributed by atoms with Gasteiger partial charge in [-0.3, -0.25) is 4.98 Å². The van der Waals surface area contributed by atoms with Crippen LogP contribution in [0, 0.1) is 0 Å². The Morgan fingerprint density at radius 1 is 0.875 bits per heavy atom. The molecular weight excluding hydrogens is 396 g/mol. The number of hydrogen-bond acceptors (Lipinski definition) is 5. The van der Waals surface area contributed by atoms with Gasteiger partial charge >= 0.3 is 0 Å². The zero-order valence-corrected chi connectivity index (χ0v) is 17.5. The van der Waals surface area contributed by atoms with E-state index in [0.717, 1.165) is 51.9 Å². The summed E-state index contributed by atoms with van der Waals surface area (Å²) in [6.45, 7) is 2.21. The van der Waals surface area contributed by atoms with Crippen LogP contribution >= 0.6 is 0 Å². The highest BCUT2D eigenvalue weighted by atomic mass is 15.3. The Labute approximate surface area is 185 Å². The van der Waals surface area contributed by atoms with Gasteiger partial charge in [0.1, 0.15) is 0 Å². The monoisotopic (exact) mass is 418 g/mol. The number of rotatable bonds is 3. The summed E-state index contributed by atoms with van der Waals surface area (Å²) in [6, 6.07) is 20.4. The molecule has 0 spiro atoms. The zero-order valence-electron chi connectivity index (χ0n) is 17.5. The molecule has 1 N–H and O–H groups in total. The smallest absolute Gasteiger partial charge is 0.162 e. The second kappa shape index (κ2) is 6.87. The predicted octanol–water partition coefficient (Wildman–Crippen LogP) is 4.16. The van der Waals surface area contributed by atoms with Crippen LogP contribution in [0.4, 0.5) is 5.69 Å². The van der Waals surface area contributed by atoms with Gasteiger partial charge in [-0.15, -0.1) is 0 Å². The normalized spacial score (nSPS) is 19.9. The number of aromatic nitrogens is 4. The molecule has 0 aliphatic carbocycles. The maximum Gasteiger partial charge on any atom is 0.162 e. The van der Waals surface area contributed by atoms with E-state index in [1.54, 1.807) is 0 Å². The van der Waals surface area contributed by atoms with Gasteiger partial charge in [0.15, 0.2) is 5.65 Å². The van der Waals surface area contributed by atoms with Crippen molar-refractivity contribution in [3.63, 3.8) is 0 Å². The average Bonchev–Trinajstić information content (AvgIpc) is 3.59. The number of anilines is 1. The van der Waals surface area contributed by atoms with Gasteiger partial charge in [-0.05, 0) is 41.8 Å². The molecule has 2 aliphatic rings. The van der Waals surface area contributed by atoms with Crippen LogP contribution in [0.3, 0.4) is 0 Å². The molecule has 156 valence electrons. The van der Waals surface area contributed by atoms with Crippen molar-refractivity contribution in [2.75, 3.05) is 18.0 Å². The molecule has 3 aromatic heterocycles. The van der Waals surface area contributed by atoms with Crippen LogP contribution < -0.4 is 10.2 Å². The van der Waals surface area contributed by atoms with Crippen LogP contribution in [0.1, 0.15) is 6.42 Å². The van der Waals surface area contributed by atoms with Crippen molar-refractivity contribution < 1.29 is 0 Å². The summed E-state index contributed by atoms with van der Waals surface area (Å²) in [6.07, 6.45) is 9.01. The maximum atomic E-state index is 4.79. The average molecular weight is 419 g/mol. The number of benzene rings is 2. The van der Waals surface area contributed by atoms with E-state index in [-0.39, 0.29) is 0 Å². The molecule has 6 heteroatoms. The highest BCUT2D eigenvalue weighted by Gasteiger charge is 2.37. The molecule has 2 bridgehead atoms. The van der Waals surface area contributed by atoms with Crippen molar-refractivity contribution in [3.8, 4) is 22.3 Å². The van der Waals surface area contributed by atoms with E-state index in [1.165, 1.54) is 12.1 Å². The maximum absolute atomic E-state index is 4.79. The number of para-hydroxylation sites is 1. The van der Waals surface area contributed by atoms with Gasteiger partial charge in [0.25, 0.3) is 0 Å². The molecule has 2 unspecified atom stereocenters. The van der Waals surface area contributed by atoms with Gasteiger partial charge in [0.05, 0.1) is 11.7 Å². The Bertz CT molecular complexity index is 1450. The van der Waals surface area contributed by atoms with E-state index >= 15 is 0 Å². The zero-order chi connectivity index (χ0) is 21.1. The van der Waals surface area contributed by atoms with Crippen LogP contribution in [0.15, 0.2) is 79.4 Å². The topological polar surface area (TPSA) is 58.4 Å². The van der Waals surface area contributed by atoms with Crippen LogP contribution in [-0.4, -0.2) is 44.8 Å². The Kier molecular flexibility index (Phi) is 3.83. The Hall–Kier alpha value is -3.77. The first-order valence-corrected chi connectivity index (χ1v) is 11.1. The highest BCUT2D eigenvalue weighted by molar-refractivity contribution is 5.97. The largest absolute Gasteiger partial charge is 0.366 e. The van der Waals surface area contributed by atoms with Gasteiger partial charge in [-0.1, -0.05) is 30.3 Å². The minimum atomic E-state index is 0.635. The van der Waals surface area contributed by atoms with Crippen molar-refractivity contribution >= 4 is 22.2 Å². The third kappa shape index (κ3) is 2.73. The van der Waals surface area contributed by atoms with Crippen molar-refractivity contribution in [1.82, 2.24) is 24.9 Å². The first-order valence-electron chi connectivity index (χ1n) is 11.1. The second-order valence-corrected chi connectivity index (χ2v) is 8.74. The van der Waals surface area contributed by atoms with E-state index in [4.69, 9.17) is 4.98 Å². The van der Waals surface area contributed by atoms with Gasteiger partial charge in [0, 0.05) is 66.0 Å². The fourth-order valence-corrected chi connectivity index (χ4v) is 5.27. The Balaban J connectivity index is 1.24. The molecule has 5 heterocycles. The number of nitrogens with zero attached hydrogens (tertiary/aromatic N) is 5. The van der Waals surface area contributed by atoms with Crippen molar-refractivity contribution in [2.45, 2.75) is 18.5 Å². The van der Waals surface area contributed by atoms with Gasteiger partial charge < -0.3 is 10.2 Å². The summed E-state index contributed by atoms with van der Waals surface area (Å²) in [4.78, 5) is 11.8. The molecular formula is C26H22N6. The van der Waals surface area contributed by atoms with Gasteiger partial charge in [-0.2, -0.15) is 5.10 Å². The summed E-state index contributed by atoms with van der Waals surface area (Å²) in [5.41, 5.74) is 7.46. The van der Waals surface area contributed by atoms with E-state index in [0.29, 0.717) is 12.1 Å². The van der Waals surface area contributed by atoms with Crippen LogP contribution in [0.2, 0.25) is 0 Å². The molecule has 0 saturated carbocycles. The third-order valence-electron chi connectivity index (χ3n) is 6.88. The van der Waals surface area contributed by atoms with Crippen LogP contribution in [0.25, 0.3) is 38.8 Å². The van der Waals surface area contributed by atoms with Crippen molar-refractivity contribution in [1.29, 1.82) is 0 Å². The summed E-state index contributed by atoms with van der Waals surface area (Å²) in [5.74, 6) is 0. The number of nitrogens with one attached hydrogen (secondary N) is 1.